The topological polar surface area (TPSA) is 157 Å². The summed E-state index contributed by atoms with van der Waals surface area (Å²) in [4.78, 5) is 52.8. The molecule has 13 heteroatoms. The summed E-state index contributed by atoms with van der Waals surface area (Å²) in [6.07, 6.45) is 9.74. The van der Waals surface area contributed by atoms with Crippen LogP contribution in [-0.2, 0) is 24.4 Å². The van der Waals surface area contributed by atoms with E-state index in [9.17, 15) is 22.8 Å². The first kappa shape index (κ1) is 33.2. The second kappa shape index (κ2) is 12.7. The number of carbonyl (C=O) groups is 3. The predicted octanol–water partition coefficient (Wildman–Crippen LogP) is 3.72. The summed E-state index contributed by atoms with van der Waals surface area (Å²) in [6.45, 7) is 5.56. The number of aryl methyl sites for hydroxylation is 1. The van der Waals surface area contributed by atoms with Crippen molar-refractivity contribution >= 4 is 38.8 Å². The van der Waals surface area contributed by atoms with Crippen LogP contribution >= 0.6 is 0 Å². The molecule has 2 N–H and O–H groups in total. The van der Waals surface area contributed by atoms with Gasteiger partial charge in [-0.25, -0.2) is 18.4 Å². The lowest BCUT2D eigenvalue weighted by Crippen LogP contribution is -2.57. The number of hydrogen-bond donors (Lipinski definition) is 2. The number of nitrogens with zero attached hydrogens (tertiary/aromatic N) is 3. The predicted molar refractivity (Wildman–Crippen MR) is 175 cm³/mol. The van der Waals surface area contributed by atoms with E-state index in [2.05, 4.69) is 20.0 Å². The number of hydrogen-bond acceptors (Lipinski definition) is 9. The standard InChI is InChI=1S/C34H45N5O7S/c1-5-22-11-9-7-6-8-10-12-23-19-34(23,32(42)38-47(43,44)33(3)15-16-33)37-29(40)28-18-25(20-39(28)31(22)41)46-30-21(2)35-26-14-13-24(45-4)17-27(26)36-30/h10,12-14,17,22-23,25,28H,5-9,11,15-16,18-20H2,1-4H3,(H,37,40)(H,38,42)/b12-10-/t22-,23+,25+,28-,34+/m0/s1. The Morgan fingerprint density at radius 2 is 1.94 bits per heavy atom. The minimum absolute atomic E-state index is 0.118. The third-order valence-corrected chi connectivity index (χ3v) is 12.5. The molecule has 3 amide bonds. The van der Waals surface area contributed by atoms with Gasteiger partial charge in [0.15, 0.2) is 0 Å². The van der Waals surface area contributed by atoms with Gasteiger partial charge in [0, 0.05) is 24.3 Å². The molecule has 0 spiro atoms. The zero-order valence-corrected chi connectivity index (χ0v) is 28.4. The molecule has 2 aliphatic carbocycles. The fourth-order valence-corrected chi connectivity index (χ4v) is 8.08. The minimum Gasteiger partial charge on any atom is -0.497 e. The van der Waals surface area contributed by atoms with Crippen molar-refractivity contribution in [3.8, 4) is 11.6 Å². The Hall–Kier alpha value is -3.74. The number of sulfonamides is 1. The van der Waals surface area contributed by atoms with E-state index in [0.717, 1.165) is 32.1 Å². The summed E-state index contributed by atoms with van der Waals surface area (Å²) in [6, 6.07) is 4.49. The van der Waals surface area contributed by atoms with Crippen LogP contribution in [0.3, 0.4) is 0 Å². The van der Waals surface area contributed by atoms with E-state index in [4.69, 9.17) is 9.47 Å². The lowest BCUT2D eigenvalue weighted by molar-refractivity contribution is -0.142. The zero-order valence-electron chi connectivity index (χ0n) is 27.6. The molecule has 0 radical (unpaired) electrons. The Morgan fingerprint density at radius 3 is 2.66 bits per heavy atom. The summed E-state index contributed by atoms with van der Waals surface area (Å²) < 4.78 is 39.0. The second-order valence-electron chi connectivity index (χ2n) is 13.8. The number of amides is 3. The average molecular weight is 668 g/mol. The molecule has 5 atom stereocenters. The maximum absolute atomic E-state index is 14.1. The molecule has 0 bridgehead atoms. The fourth-order valence-electron chi connectivity index (χ4n) is 6.77. The maximum Gasteiger partial charge on any atom is 0.259 e. The third-order valence-electron chi connectivity index (χ3n) is 10.4. The van der Waals surface area contributed by atoms with E-state index in [-0.39, 0.29) is 37.1 Å². The van der Waals surface area contributed by atoms with Crippen molar-refractivity contribution in [3.05, 3.63) is 36.0 Å². The number of fused-ring (bicyclic) bond motifs is 3. The van der Waals surface area contributed by atoms with Crippen molar-refractivity contribution in [2.45, 2.75) is 107 Å². The number of benzene rings is 1. The summed E-state index contributed by atoms with van der Waals surface area (Å²) in [5, 5.41) is 2.93. The highest BCUT2D eigenvalue weighted by Gasteiger charge is 2.63. The number of ether oxygens (including phenoxy) is 2. The van der Waals surface area contributed by atoms with Crippen LogP contribution in [0, 0.1) is 18.8 Å². The van der Waals surface area contributed by atoms with Gasteiger partial charge < -0.3 is 19.7 Å². The Kier molecular flexibility index (Phi) is 8.96. The van der Waals surface area contributed by atoms with E-state index in [1.807, 2.05) is 31.2 Å². The van der Waals surface area contributed by atoms with Gasteiger partial charge in [0.1, 0.15) is 29.1 Å². The van der Waals surface area contributed by atoms with Crippen LogP contribution in [0.5, 0.6) is 11.6 Å². The second-order valence-corrected chi connectivity index (χ2v) is 16.0. The highest BCUT2D eigenvalue weighted by atomic mass is 32.2. The van der Waals surface area contributed by atoms with Crippen LogP contribution in [-0.4, -0.2) is 77.1 Å². The quantitative estimate of drug-likeness (QED) is 0.420. The molecule has 2 saturated carbocycles. The molecule has 0 unspecified atom stereocenters. The molecule has 1 saturated heterocycles. The monoisotopic (exact) mass is 667 g/mol. The molecular formula is C34H45N5O7S. The van der Waals surface area contributed by atoms with Crippen molar-refractivity contribution in [2.24, 2.45) is 11.8 Å². The molecule has 6 rings (SSSR count). The number of methoxy groups -OCH3 is 1. The molecule has 3 heterocycles. The Balaban J connectivity index is 1.28. The van der Waals surface area contributed by atoms with E-state index >= 15 is 0 Å². The van der Waals surface area contributed by atoms with Gasteiger partial charge in [-0.1, -0.05) is 31.9 Å². The number of allylic oxidation sites excluding steroid dienone is 1. The summed E-state index contributed by atoms with van der Waals surface area (Å²) in [5.74, 6) is -1.02. The van der Waals surface area contributed by atoms with Gasteiger partial charge in [0.2, 0.25) is 27.7 Å². The van der Waals surface area contributed by atoms with Gasteiger partial charge in [-0.15, -0.1) is 0 Å². The molecule has 3 fully saturated rings. The molecule has 1 aromatic carbocycles. The van der Waals surface area contributed by atoms with E-state index in [1.165, 1.54) is 0 Å². The Morgan fingerprint density at radius 1 is 1.15 bits per heavy atom. The van der Waals surface area contributed by atoms with E-state index < -0.39 is 44.3 Å². The highest BCUT2D eigenvalue weighted by molar-refractivity contribution is 7.91. The first-order chi connectivity index (χ1) is 22.4. The molecule has 2 aliphatic heterocycles. The number of rotatable bonds is 7. The lowest BCUT2D eigenvalue weighted by Gasteiger charge is -2.29. The summed E-state index contributed by atoms with van der Waals surface area (Å²) in [7, 11) is -2.34. The molecular weight excluding hydrogens is 622 g/mol. The molecule has 2 aromatic rings. The average Bonchev–Trinajstić information content (AvgIpc) is 3.92. The van der Waals surface area contributed by atoms with Crippen LogP contribution in [0.1, 0.15) is 83.7 Å². The van der Waals surface area contributed by atoms with E-state index in [0.29, 0.717) is 47.6 Å². The number of carbonyl (C=O) groups excluding carboxylic acids is 3. The molecule has 1 aromatic heterocycles. The lowest BCUT2D eigenvalue weighted by atomic mass is 9.96. The highest BCUT2D eigenvalue weighted by Crippen LogP contribution is 2.47. The van der Waals surface area contributed by atoms with Crippen molar-refractivity contribution in [1.82, 2.24) is 24.9 Å². The SMILES string of the molecule is CC[C@H]1CCCCC/C=C\[C@@H]2C[C@@]2(C(=O)NS(=O)(=O)C2(C)CC2)NC(=O)[C@@H]2C[C@@H](Oc3nc4cc(OC)ccc4nc3C)CN2C1=O. The van der Waals surface area contributed by atoms with Crippen LogP contribution in [0.2, 0.25) is 0 Å². The van der Waals surface area contributed by atoms with Crippen molar-refractivity contribution in [3.63, 3.8) is 0 Å². The maximum atomic E-state index is 14.1. The normalized spacial score (nSPS) is 29.8. The molecule has 254 valence electrons. The van der Waals surface area contributed by atoms with Crippen LogP contribution in [0.15, 0.2) is 30.4 Å². The molecule has 47 heavy (non-hydrogen) atoms. The summed E-state index contributed by atoms with van der Waals surface area (Å²) in [5.41, 5.74) is 0.435. The fraction of sp³-hybridized carbons (Fsp3) is 0.618. The Bertz CT molecular complexity index is 1710. The van der Waals surface area contributed by atoms with Gasteiger partial charge in [-0.2, -0.15) is 0 Å². The van der Waals surface area contributed by atoms with Gasteiger partial charge >= 0.3 is 0 Å². The number of aromatic nitrogens is 2. The van der Waals surface area contributed by atoms with Gasteiger partial charge in [0.05, 0.1) is 29.4 Å². The van der Waals surface area contributed by atoms with Gasteiger partial charge in [-0.05, 0) is 70.9 Å². The molecule has 12 nitrogen and oxygen atoms in total. The first-order valence-corrected chi connectivity index (χ1v) is 18.2. The van der Waals surface area contributed by atoms with E-state index in [1.54, 1.807) is 31.9 Å². The van der Waals surface area contributed by atoms with Crippen molar-refractivity contribution in [2.75, 3.05) is 13.7 Å². The Labute approximate surface area is 276 Å². The minimum atomic E-state index is -3.91. The largest absolute Gasteiger partial charge is 0.497 e. The zero-order chi connectivity index (χ0) is 33.6. The van der Waals surface area contributed by atoms with Crippen LogP contribution in [0.25, 0.3) is 11.0 Å². The van der Waals surface area contributed by atoms with Crippen LogP contribution < -0.4 is 19.5 Å². The summed E-state index contributed by atoms with van der Waals surface area (Å²) >= 11 is 0. The van der Waals surface area contributed by atoms with Crippen molar-refractivity contribution in [1.29, 1.82) is 0 Å². The first-order valence-electron chi connectivity index (χ1n) is 16.7. The van der Waals surface area contributed by atoms with Gasteiger partial charge in [0.25, 0.3) is 5.91 Å². The van der Waals surface area contributed by atoms with Crippen LogP contribution in [0.4, 0.5) is 0 Å². The van der Waals surface area contributed by atoms with Gasteiger partial charge in [-0.3, -0.25) is 19.1 Å². The molecule has 4 aliphatic rings. The number of nitrogens with one attached hydrogen (secondary N) is 2. The smallest absolute Gasteiger partial charge is 0.259 e. The van der Waals surface area contributed by atoms with Crippen molar-refractivity contribution < 1.29 is 32.3 Å². The third kappa shape index (κ3) is 6.55.